The van der Waals surface area contributed by atoms with Crippen molar-refractivity contribution in [3.63, 3.8) is 0 Å². The quantitative estimate of drug-likeness (QED) is 0.748. The van der Waals surface area contributed by atoms with Gasteiger partial charge >= 0.3 is 0 Å². The predicted octanol–water partition coefficient (Wildman–Crippen LogP) is 3.71. The van der Waals surface area contributed by atoms with Crippen LogP contribution in [0.3, 0.4) is 0 Å². The van der Waals surface area contributed by atoms with Crippen molar-refractivity contribution >= 4 is 27.3 Å². The van der Waals surface area contributed by atoms with Crippen molar-refractivity contribution < 1.29 is 13.2 Å². The zero-order chi connectivity index (χ0) is 20.9. The molecule has 1 heterocycles. The topological polar surface area (TPSA) is 69.7 Å². The second-order valence-corrected chi connectivity index (χ2v) is 9.48. The maximum Gasteiger partial charge on any atom is 0.246 e. The number of nitrogens with one attached hydrogen (secondary N) is 1. The summed E-state index contributed by atoms with van der Waals surface area (Å²) >= 11 is 0. The van der Waals surface area contributed by atoms with E-state index < -0.39 is 10.0 Å². The van der Waals surface area contributed by atoms with Gasteiger partial charge in [-0.05, 0) is 57.0 Å². The van der Waals surface area contributed by atoms with Crippen molar-refractivity contribution in [2.75, 3.05) is 29.9 Å². The molecule has 0 bridgehead atoms. The Morgan fingerprint density at radius 1 is 1.03 bits per heavy atom. The number of hydrogen-bond acceptors (Lipinski definition) is 4. The molecule has 0 spiro atoms. The number of carbonyl (C=O) groups is 1. The summed E-state index contributed by atoms with van der Waals surface area (Å²) in [5.41, 5.74) is 1.46. The van der Waals surface area contributed by atoms with Gasteiger partial charge in [0, 0.05) is 30.5 Å². The minimum atomic E-state index is -3.50. The van der Waals surface area contributed by atoms with Crippen LogP contribution < -0.4 is 10.2 Å². The third kappa shape index (κ3) is 5.16. The lowest BCUT2D eigenvalue weighted by atomic mass is 10.2. The van der Waals surface area contributed by atoms with Gasteiger partial charge in [0.2, 0.25) is 15.9 Å². The van der Waals surface area contributed by atoms with Gasteiger partial charge < -0.3 is 10.2 Å². The number of sulfonamides is 1. The molecule has 7 heteroatoms. The first-order valence-corrected chi connectivity index (χ1v) is 11.5. The molecule has 1 N–H and O–H groups in total. The lowest BCUT2D eigenvalue weighted by Gasteiger charge is -2.27. The molecule has 1 saturated heterocycles. The number of hydrogen-bond donors (Lipinski definition) is 1. The normalized spacial score (nSPS) is 15.3. The highest BCUT2D eigenvalue weighted by atomic mass is 32.2. The second-order valence-electron chi connectivity index (χ2n) is 7.54. The van der Waals surface area contributed by atoms with Gasteiger partial charge in [-0.1, -0.05) is 30.7 Å². The van der Waals surface area contributed by atoms with Crippen molar-refractivity contribution in [2.45, 2.75) is 44.0 Å². The lowest BCUT2D eigenvalue weighted by Crippen LogP contribution is -2.40. The summed E-state index contributed by atoms with van der Waals surface area (Å²) in [6, 6.07) is 16.3. The van der Waals surface area contributed by atoms with Crippen LogP contribution in [-0.2, 0) is 14.8 Å². The first-order chi connectivity index (χ1) is 13.9. The SMILES string of the molecule is CC(C)N(C(=O)CNc1cccc(S(=O)(=O)N2CCCCC2)c1)c1ccccc1. The van der Waals surface area contributed by atoms with E-state index in [1.165, 1.54) is 0 Å². The van der Waals surface area contributed by atoms with Crippen molar-refractivity contribution in [2.24, 2.45) is 0 Å². The van der Waals surface area contributed by atoms with E-state index in [2.05, 4.69) is 5.32 Å². The summed E-state index contributed by atoms with van der Waals surface area (Å²) in [6.07, 6.45) is 2.87. The standard InChI is InChI=1S/C22H29N3O3S/c1-18(2)25(20-11-5-3-6-12-20)22(26)17-23-19-10-9-13-21(16-19)29(27,28)24-14-7-4-8-15-24/h3,5-6,9-13,16,18,23H,4,7-8,14-15,17H2,1-2H3. The molecule has 2 aromatic rings. The van der Waals surface area contributed by atoms with E-state index in [0.29, 0.717) is 18.8 Å². The van der Waals surface area contributed by atoms with E-state index in [4.69, 9.17) is 0 Å². The average Bonchev–Trinajstić information content (AvgIpc) is 2.74. The molecule has 1 aliphatic heterocycles. The second kappa shape index (κ2) is 9.41. The number of carbonyl (C=O) groups excluding carboxylic acids is 1. The van der Waals surface area contributed by atoms with Crippen LogP contribution in [0.4, 0.5) is 11.4 Å². The van der Waals surface area contributed by atoms with E-state index >= 15 is 0 Å². The van der Waals surface area contributed by atoms with Crippen LogP contribution in [0.25, 0.3) is 0 Å². The first kappa shape index (κ1) is 21.3. The molecule has 1 amide bonds. The molecule has 156 valence electrons. The molecule has 0 atom stereocenters. The van der Waals surface area contributed by atoms with E-state index in [1.807, 2.05) is 44.2 Å². The fourth-order valence-corrected chi connectivity index (χ4v) is 5.17. The van der Waals surface area contributed by atoms with Gasteiger partial charge in [0.05, 0.1) is 11.4 Å². The predicted molar refractivity (Wildman–Crippen MR) is 117 cm³/mol. The number of piperidine rings is 1. The van der Waals surface area contributed by atoms with Crippen LogP contribution in [0.5, 0.6) is 0 Å². The van der Waals surface area contributed by atoms with Crippen LogP contribution in [0.1, 0.15) is 33.1 Å². The molecule has 6 nitrogen and oxygen atoms in total. The van der Waals surface area contributed by atoms with Gasteiger partial charge in [-0.25, -0.2) is 8.42 Å². The number of para-hydroxylation sites is 1. The summed E-state index contributed by atoms with van der Waals surface area (Å²) in [5, 5.41) is 3.09. The Hall–Kier alpha value is -2.38. The van der Waals surface area contributed by atoms with Crippen molar-refractivity contribution in [3.05, 3.63) is 54.6 Å². The monoisotopic (exact) mass is 415 g/mol. The Morgan fingerprint density at radius 2 is 1.72 bits per heavy atom. The molecular formula is C22H29N3O3S. The molecule has 0 aromatic heterocycles. The van der Waals surface area contributed by atoms with Crippen molar-refractivity contribution in [3.8, 4) is 0 Å². The minimum absolute atomic E-state index is 0.0116. The molecule has 0 radical (unpaired) electrons. The van der Waals surface area contributed by atoms with E-state index in [-0.39, 0.29) is 23.4 Å². The number of benzene rings is 2. The maximum atomic E-state index is 12.9. The van der Waals surface area contributed by atoms with E-state index in [9.17, 15) is 13.2 Å². The lowest BCUT2D eigenvalue weighted by molar-refractivity contribution is -0.117. The maximum absolute atomic E-state index is 12.9. The zero-order valence-corrected chi connectivity index (χ0v) is 17.9. The Balaban J connectivity index is 1.71. The van der Waals surface area contributed by atoms with Crippen molar-refractivity contribution in [1.29, 1.82) is 0 Å². The smallest absolute Gasteiger partial charge is 0.246 e. The van der Waals surface area contributed by atoms with Gasteiger partial charge in [-0.3, -0.25) is 4.79 Å². The van der Waals surface area contributed by atoms with Crippen LogP contribution >= 0.6 is 0 Å². The molecule has 29 heavy (non-hydrogen) atoms. The fourth-order valence-electron chi connectivity index (χ4n) is 3.60. The Bertz CT molecular complexity index is 923. The number of amides is 1. The van der Waals surface area contributed by atoms with Gasteiger partial charge in [-0.2, -0.15) is 4.31 Å². The molecular weight excluding hydrogens is 386 g/mol. The first-order valence-electron chi connectivity index (χ1n) is 10.1. The van der Waals surface area contributed by atoms with Gasteiger partial charge in [0.1, 0.15) is 0 Å². The summed E-state index contributed by atoms with van der Waals surface area (Å²) in [6.45, 7) is 5.16. The third-order valence-corrected chi connectivity index (χ3v) is 6.94. The highest BCUT2D eigenvalue weighted by Gasteiger charge is 2.26. The zero-order valence-electron chi connectivity index (χ0n) is 17.0. The molecule has 1 aliphatic rings. The van der Waals surface area contributed by atoms with Crippen LogP contribution in [0.2, 0.25) is 0 Å². The minimum Gasteiger partial charge on any atom is -0.376 e. The number of anilines is 2. The largest absolute Gasteiger partial charge is 0.376 e. The van der Waals surface area contributed by atoms with Crippen molar-refractivity contribution in [1.82, 2.24) is 4.31 Å². The average molecular weight is 416 g/mol. The summed E-state index contributed by atoms with van der Waals surface area (Å²) in [7, 11) is -3.50. The molecule has 2 aromatic carbocycles. The molecule has 3 rings (SSSR count). The summed E-state index contributed by atoms with van der Waals surface area (Å²) in [5.74, 6) is -0.0736. The van der Waals surface area contributed by atoms with Gasteiger partial charge in [0.15, 0.2) is 0 Å². The third-order valence-electron chi connectivity index (χ3n) is 5.05. The Kier molecular flexibility index (Phi) is 6.92. The van der Waals surface area contributed by atoms with Gasteiger partial charge in [-0.15, -0.1) is 0 Å². The molecule has 1 fully saturated rings. The van der Waals surface area contributed by atoms with Gasteiger partial charge in [0.25, 0.3) is 0 Å². The van der Waals surface area contributed by atoms with Crippen LogP contribution in [-0.4, -0.2) is 44.3 Å². The number of nitrogens with zero attached hydrogens (tertiary/aromatic N) is 2. The van der Waals surface area contributed by atoms with Crippen LogP contribution in [0, 0.1) is 0 Å². The van der Waals surface area contributed by atoms with E-state index in [0.717, 1.165) is 24.9 Å². The number of rotatable bonds is 7. The summed E-state index contributed by atoms with van der Waals surface area (Å²) < 4.78 is 27.3. The summed E-state index contributed by atoms with van der Waals surface area (Å²) in [4.78, 5) is 14.8. The highest BCUT2D eigenvalue weighted by molar-refractivity contribution is 7.89. The Labute approximate surface area is 173 Å². The fraction of sp³-hybridized carbons (Fsp3) is 0.409. The molecule has 0 unspecified atom stereocenters. The highest BCUT2D eigenvalue weighted by Crippen LogP contribution is 2.23. The molecule has 0 saturated carbocycles. The Morgan fingerprint density at radius 3 is 2.38 bits per heavy atom. The van der Waals surface area contributed by atoms with E-state index in [1.54, 1.807) is 33.5 Å². The molecule has 0 aliphatic carbocycles. The van der Waals surface area contributed by atoms with Crippen LogP contribution in [0.15, 0.2) is 59.5 Å².